The highest BCUT2D eigenvalue weighted by Gasteiger charge is 2.40. The molecule has 1 nitrogen and oxygen atoms in total. The predicted octanol–water partition coefficient (Wildman–Crippen LogP) is 13.1. The summed E-state index contributed by atoms with van der Waals surface area (Å²) in [6.07, 6.45) is 0. The molecule has 0 radical (unpaired) electrons. The van der Waals surface area contributed by atoms with Gasteiger partial charge in [0.1, 0.15) is 0 Å². The van der Waals surface area contributed by atoms with Gasteiger partial charge in [0, 0.05) is 27.6 Å². The average Bonchev–Trinajstić information content (AvgIpc) is 3.39. The molecule has 0 saturated carbocycles. The summed E-state index contributed by atoms with van der Waals surface area (Å²) >= 11 is 0. The van der Waals surface area contributed by atoms with Crippen molar-refractivity contribution in [3.63, 3.8) is 0 Å². The van der Waals surface area contributed by atoms with E-state index in [2.05, 4.69) is 195 Å². The van der Waals surface area contributed by atoms with E-state index in [0.717, 1.165) is 11.4 Å². The molecule has 1 aliphatic carbocycles. The molecule has 48 heavy (non-hydrogen) atoms. The van der Waals surface area contributed by atoms with E-state index in [1.165, 1.54) is 71.7 Å². The van der Waals surface area contributed by atoms with Gasteiger partial charge in [-0.2, -0.15) is 0 Å². The van der Waals surface area contributed by atoms with Crippen LogP contribution in [-0.2, 0) is 5.41 Å². The zero-order valence-electron chi connectivity index (χ0n) is 27.2. The van der Waals surface area contributed by atoms with Crippen molar-refractivity contribution in [2.24, 2.45) is 0 Å². The molecule has 0 N–H and O–H groups in total. The van der Waals surface area contributed by atoms with Crippen LogP contribution in [0.5, 0.6) is 0 Å². The lowest BCUT2D eigenvalue weighted by molar-refractivity contribution is 0.666. The molecule has 0 spiro atoms. The van der Waals surface area contributed by atoms with E-state index in [1.54, 1.807) is 0 Å². The van der Waals surface area contributed by atoms with Crippen LogP contribution in [0.25, 0.3) is 54.9 Å². The minimum Gasteiger partial charge on any atom is -0.309 e. The van der Waals surface area contributed by atoms with Crippen molar-refractivity contribution in [2.45, 2.75) is 19.3 Å². The van der Waals surface area contributed by atoms with Crippen molar-refractivity contribution in [1.82, 2.24) is 0 Å². The first kappa shape index (κ1) is 28.3. The molecule has 8 aromatic carbocycles. The molecule has 0 amide bonds. The Kier molecular flexibility index (Phi) is 6.55. The van der Waals surface area contributed by atoms with Crippen molar-refractivity contribution in [2.75, 3.05) is 4.90 Å². The lowest BCUT2D eigenvalue weighted by Crippen LogP contribution is -2.17. The molecule has 228 valence electrons. The van der Waals surface area contributed by atoms with Crippen LogP contribution in [0, 0.1) is 0 Å². The first-order chi connectivity index (χ1) is 23.6. The summed E-state index contributed by atoms with van der Waals surface area (Å²) in [4.78, 5) is 2.54. The lowest BCUT2D eigenvalue weighted by Gasteiger charge is -2.34. The number of rotatable bonds is 5. The summed E-state index contributed by atoms with van der Waals surface area (Å²) in [7, 11) is 0. The van der Waals surface area contributed by atoms with Gasteiger partial charge in [-0.3, -0.25) is 0 Å². The van der Waals surface area contributed by atoms with Crippen LogP contribution in [0.3, 0.4) is 0 Å². The molecule has 9 rings (SSSR count). The van der Waals surface area contributed by atoms with E-state index in [4.69, 9.17) is 0 Å². The second-order valence-electron chi connectivity index (χ2n) is 13.3. The topological polar surface area (TPSA) is 3.24 Å². The summed E-state index contributed by atoms with van der Waals surface area (Å²) < 4.78 is 0. The summed E-state index contributed by atoms with van der Waals surface area (Å²) in [5.74, 6) is 0. The van der Waals surface area contributed by atoms with E-state index in [0.29, 0.717) is 0 Å². The van der Waals surface area contributed by atoms with Crippen LogP contribution in [0.2, 0.25) is 0 Å². The molecule has 0 fully saturated rings. The lowest BCUT2D eigenvalue weighted by atomic mass is 9.78. The van der Waals surface area contributed by atoms with Crippen LogP contribution in [-0.4, -0.2) is 0 Å². The van der Waals surface area contributed by atoms with Crippen LogP contribution >= 0.6 is 0 Å². The fraction of sp³-hybridized carbons (Fsp3) is 0.0638. The van der Waals surface area contributed by atoms with Gasteiger partial charge >= 0.3 is 0 Å². The van der Waals surface area contributed by atoms with Gasteiger partial charge in [0.15, 0.2) is 0 Å². The Morgan fingerprint density at radius 1 is 0.438 bits per heavy atom. The molecule has 0 aliphatic heterocycles. The highest BCUT2D eigenvalue weighted by Crippen LogP contribution is 2.60. The van der Waals surface area contributed by atoms with Gasteiger partial charge in [-0.15, -0.1) is 0 Å². The van der Waals surface area contributed by atoms with Crippen molar-refractivity contribution >= 4 is 38.6 Å². The minimum atomic E-state index is -0.163. The Morgan fingerprint density at radius 3 is 1.79 bits per heavy atom. The number of hydrogen-bond donors (Lipinski definition) is 0. The standard InChI is InChI=1S/C47H35N/c1-47(2)41-27-15-13-26-40(41)44-43(34-20-7-4-8-21-34)46(39-25-12-11-24-38(39)45(44)47)48(36-30-29-32-17-9-10-22-35(32)31-36)42-28-16-14-23-37(42)33-18-5-3-6-19-33/h3-31H,1-2H3. The van der Waals surface area contributed by atoms with E-state index in [9.17, 15) is 0 Å². The average molecular weight is 614 g/mol. The summed E-state index contributed by atoms with van der Waals surface area (Å²) in [6.45, 7) is 4.79. The zero-order chi connectivity index (χ0) is 32.2. The maximum Gasteiger partial charge on any atom is 0.0625 e. The second kappa shape index (κ2) is 11.1. The third-order valence-corrected chi connectivity index (χ3v) is 10.2. The van der Waals surface area contributed by atoms with E-state index in [1.807, 2.05) is 0 Å². The van der Waals surface area contributed by atoms with Crippen LogP contribution < -0.4 is 4.90 Å². The first-order valence-corrected chi connectivity index (χ1v) is 16.8. The van der Waals surface area contributed by atoms with Crippen molar-refractivity contribution in [3.8, 4) is 33.4 Å². The molecule has 1 aliphatic rings. The maximum absolute atomic E-state index is 2.54. The van der Waals surface area contributed by atoms with Gasteiger partial charge in [-0.05, 0) is 67.7 Å². The Bertz CT molecular complexity index is 2470. The van der Waals surface area contributed by atoms with Gasteiger partial charge in [0.25, 0.3) is 0 Å². The highest BCUT2D eigenvalue weighted by molar-refractivity contribution is 6.16. The molecule has 0 aromatic heterocycles. The smallest absolute Gasteiger partial charge is 0.0625 e. The predicted molar refractivity (Wildman–Crippen MR) is 205 cm³/mol. The Hall–Kier alpha value is -5.92. The molecule has 0 saturated heterocycles. The van der Waals surface area contributed by atoms with Crippen molar-refractivity contribution < 1.29 is 0 Å². The van der Waals surface area contributed by atoms with Gasteiger partial charge in [0.05, 0.1) is 11.4 Å². The molecule has 8 aromatic rings. The van der Waals surface area contributed by atoms with Crippen LogP contribution in [0.4, 0.5) is 17.1 Å². The van der Waals surface area contributed by atoms with E-state index < -0.39 is 0 Å². The Morgan fingerprint density at radius 2 is 1.02 bits per heavy atom. The Balaban J connectivity index is 1.49. The van der Waals surface area contributed by atoms with Gasteiger partial charge in [0.2, 0.25) is 0 Å². The summed E-state index contributed by atoms with van der Waals surface area (Å²) in [6, 6.07) is 64.3. The number of benzene rings is 8. The normalized spacial score (nSPS) is 13.0. The van der Waals surface area contributed by atoms with Crippen molar-refractivity contribution in [3.05, 3.63) is 187 Å². The monoisotopic (exact) mass is 613 g/mol. The summed E-state index contributed by atoms with van der Waals surface area (Å²) in [5, 5.41) is 4.99. The first-order valence-electron chi connectivity index (χ1n) is 16.8. The molecular weight excluding hydrogens is 579 g/mol. The van der Waals surface area contributed by atoms with Crippen LogP contribution in [0.15, 0.2) is 176 Å². The molecule has 0 atom stereocenters. The van der Waals surface area contributed by atoms with Crippen LogP contribution in [0.1, 0.15) is 25.0 Å². The van der Waals surface area contributed by atoms with Crippen molar-refractivity contribution in [1.29, 1.82) is 0 Å². The number of fused-ring (bicyclic) bond motifs is 6. The molecular formula is C47H35N. The number of anilines is 3. The maximum atomic E-state index is 2.54. The highest BCUT2D eigenvalue weighted by atomic mass is 15.1. The molecule has 0 unspecified atom stereocenters. The second-order valence-corrected chi connectivity index (χ2v) is 13.3. The summed E-state index contributed by atoms with van der Waals surface area (Å²) in [5.41, 5.74) is 13.6. The number of hydrogen-bond acceptors (Lipinski definition) is 1. The zero-order valence-corrected chi connectivity index (χ0v) is 27.2. The Labute approximate surface area is 282 Å². The fourth-order valence-electron chi connectivity index (χ4n) is 8.07. The largest absolute Gasteiger partial charge is 0.309 e. The van der Waals surface area contributed by atoms with Gasteiger partial charge in [-0.25, -0.2) is 0 Å². The quantitative estimate of drug-likeness (QED) is 0.187. The van der Waals surface area contributed by atoms with Gasteiger partial charge in [-0.1, -0.05) is 172 Å². The fourth-order valence-corrected chi connectivity index (χ4v) is 8.07. The van der Waals surface area contributed by atoms with E-state index >= 15 is 0 Å². The molecule has 0 bridgehead atoms. The molecule has 0 heterocycles. The van der Waals surface area contributed by atoms with E-state index in [-0.39, 0.29) is 5.41 Å². The van der Waals surface area contributed by atoms with Gasteiger partial charge < -0.3 is 4.90 Å². The number of nitrogens with zero attached hydrogens (tertiary/aromatic N) is 1. The third-order valence-electron chi connectivity index (χ3n) is 10.2. The SMILES string of the molecule is CC1(C)c2ccccc2-c2c(-c3ccccc3)c(N(c3ccc4ccccc4c3)c3ccccc3-c3ccccc3)c3ccccc3c21. The minimum absolute atomic E-state index is 0.163. The third kappa shape index (κ3) is 4.32. The number of para-hydroxylation sites is 1. The molecule has 1 heteroatoms.